The van der Waals surface area contributed by atoms with E-state index >= 15 is 0 Å². The number of carbonyl (C=O) groups excluding carboxylic acids is 4. The molecule has 17 nitrogen and oxygen atoms in total. The van der Waals surface area contributed by atoms with Gasteiger partial charge in [0.2, 0.25) is 0 Å². The molecule has 0 saturated carbocycles. The average molecular weight is 1340 g/mol. The highest BCUT2D eigenvalue weighted by Gasteiger charge is 2.30. The van der Waals surface area contributed by atoms with E-state index in [-0.39, 0.29) is 25.7 Å². The monoisotopic (exact) mass is 1340 g/mol. The zero-order valence-corrected chi connectivity index (χ0v) is 61.1. The molecule has 0 aromatic carbocycles. The van der Waals surface area contributed by atoms with Crippen LogP contribution in [0.3, 0.4) is 0 Å². The number of hydrogen-bond donors (Lipinski definition) is 3. The summed E-state index contributed by atoms with van der Waals surface area (Å²) in [4.78, 5) is 72.6. The normalized spacial score (nSPS) is 14.2. The molecule has 0 spiro atoms. The summed E-state index contributed by atoms with van der Waals surface area (Å²) in [7, 11) is -9.90. The second-order valence-corrected chi connectivity index (χ2v) is 30.3. The number of carbonyl (C=O) groups is 4. The van der Waals surface area contributed by atoms with Crippen LogP contribution in [0.4, 0.5) is 0 Å². The van der Waals surface area contributed by atoms with E-state index in [0.29, 0.717) is 31.6 Å². The maximum absolute atomic E-state index is 13.0. The number of phosphoric ester groups is 2. The Morgan fingerprint density at radius 1 is 0.297 bits per heavy atom. The minimum absolute atomic E-state index is 0.103. The van der Waals surface area contributed by atoms with Crippen molar-refractivity contribution in [1.82, 2.24) is 0 Å². The van der Waals surface area contributed by atoms with Gasteiger partial charge in [-0.25, -0.2) is 9.13 Å². The molecule has 0 rings (SSSR count). The number of aliphatic hydroxyl groups excluding tert-OH is 1. The SMILES string of the molecule is CCCCCCCCCCCCC(=O)OC[C@H](COP(=O)(O)OC[C@H](O)COP(=O)(O)OC[C@@H](COC(=O)CCCCCCCCCCCCCC(C)C)OC(=O)CCCCCCCCCCCCCCCCC(C)C)OC(=O)CCCCCCCCCC(C)C. The lowest BCUT2D eigenvalue weighted by molar-refractivity contribution is -0.161. The lowest BCUT2D eigenvalue weighted by atomic mass is 10.0. The second-order valence-electron chi connectivity index (χ2n) is 27.4. The van der Waals surface area contributed by atoms with Crippen molar-refractivity contribution in [2.75, 3.05) is 39.6 Å². The van der Waals surface area contributed by atoms with Gasteiger partial charge in [0.1, 0.15) is 19.3 Å². The van der Waals surface area contributed by atoms with Crippen LogP contribution in [0.1, 0.15) is 363 Å². The third kappa shape index (κ3) is 66.5. The molecule has 540 valence electrons. The molecule has 5 atom stereocenters. The van der Waals surface area contributed by atoms with E-state index in [1.807, 2.05) is 0 Å². The van der Waals surface area contributed by atoms with Crippen LogP contribution >= 0.6 is 15.6 Å². The molecule has 91 heavy (non-hydrogen) atoms. The zero-order chi connectivity index (χ0) is 67.3. The first-order valence-electron chi connectivity index (χ1n) is 37.3. The largest absolute Gasteiger partial charge is 0.472 e. The van der Waals surface area contributed by atoms with Crippen molar-refractivity contribution in [2.45, 2.75) is 381 Å². The first-order chi connectivity index (χ1) is 43.7. The smallest absolute Gasteiger partial charge is 0.462 e. The summed E-state index contributed by atoms with van der Waals surface area (Å²) in [5.74, 6) is 0.137. The topological polar surface area (TPSA) is 237 Å². The average Bonchev–Trinajstić information content (AvgIpc) is 3.70. The molecular formula is C72H140O17P2. The van der Waals surface area contributed by atoms with E-state index in [4.69, 9.17) is 37.0 Å². The van der Waals surface area contributed by atoms with Crippen LogP contribution in [-0.4, -0.2) is 96.7 Å². The van der Waals surface area contributed by atoms with E-state index in [0.717, 1.165) is 102 Å². The molecule has 0 fully saturated rings. The highest BCUT2D eigenvalue weighted by atomic mass is 31.2. The number of rotatable bonds is 70. The van der Waals surface area contributed by atoms with Gasteiger partial charge < -0.3 is 33.8 Å². The van der Waals surface area contributed by atoms with Gasteiger partial charge >= 0.3 is 39.5 Å². The molecule has 0 aliphatic carbocycles. The highest BCUT2D eigenvalue weighted by Crippen LogP contribution is 2.45. The van der Waals surface area contributed by atoms with Crippen molar-refractivity contribution < 1.29 is 80.2 Å². The molecule has 3 N–H and O–H groups in total. The Hall–Kier alpha value is -1.94. The Balaban J connectivity index is 5.23. The Labute approximate surface area is 556 Å². The molecule has 0 aromatic rings. The second kappa shape index (κ2) is 62.8. The minimum Gasteiger partial charge on any atom is -0.462 e. The van der Waals surface area contributed by atoms with E-state index in [9.17, 15) is 43.2 Å². The summed E-state index contributed by atoms with van der Waals surface area (Å²) in [6.45, 7) is 11.8. The summed E-state index contributed by atoms with van der Waals surface area (Å²) < 4.78 is 68.3. The third-order valence-corrected chi connectivity index (χ3v) is 18.5. The molecule has 0 heterocycles. The van der Waals surface area contributed by atoms with Crippen LogP contribution in [0.15, 0.2) is 0 Å². The van der Waals surface area contributed by atoms with Gasteiger partial charge in [0.15, 0.2) is 12.2 Å². The first kappa shape index (κ1) is 89.1. The van der Waals surface area contributed by atoms with Gasteiger partial charge in [-0.3, -0.25) is 37.3 Å². The van der Waals surface area contributed by atoms with Crippen LogP contribution in [0.5, 0.6) is 0 Å². The van der Waals surface area contributed by atoms with Crippen molar-refractivity contribution >= 4 is 39.5 Å². The molecular weight excluding hydrogens is 1200 g/mol. The molecule has 2 unspecified atom stereocenters. The molecule has 19 heteroatoms. The number of hydrogen-bond acceptors (Lipinski definition) is 15. The summed E-state index contributed by atoms with van der Waals surface area (Å²) >= 11 is 0. The van der Waals surface area contributed by atoms with Gasteiger partial charge in [-0.05, 0) is 43.4 Å². The van der Waals surface area contributed by atoms with Crippen LogP contribution in [0.25, 0.3) is 0 Å². The van der Waals surface area contributed by atoms with E-state index < -0.39 is 97.5 Å². The number of phosphoric acid groups is 2. The van der Waals surface area contributed by atoms with Crippen molar-refractivity contribution in [3.8, 4) is 0 Å². The van der Waals surface area contributed by atoms with E-state index in [2.05, 4.69) is 48.5 Å². The van der Waals surface area contributed by atoms with Crippen LogP contribution < -0.4 is 0 Å². The molecule has 0 aromatic heterocycles. The molecule has 0 aliphatic rings. The first-order valence-corrected chi connectivity index (χ1v) is 40.3. The predicted octanol–water partition coefficient (Wildman–Crippen LogP) is 20.6. The fourth-order valence-electron chi connectivity index (χ4n) is 10.9. The Morgan fingerprint density at radius 2 is 0.505 bits per heavy atom. The fraction of sp³-hybridized carbons (Fsp3) is 0.944. The molecule has 0 aliphatic heterocycles. The summed E-state index contributed by atoms with van der Waals surface area (Å²) in [6, 6.07) is 0. The number of esters is 4. The Bertz CT molecular complexity index is 1780. The van der Waals surface area contributed by atoms with Gasteiger partial charge in [-0.15, -0.1) is 0 Å². The van der Waals surface area contributed by atoms with E-state index in [1.165, 1.54) is 173 Å². The molecule has 0 radical (unpaired) electrons. The molecule has 0 amide bonds. The Kier molecular flexibility index (Phi) is 61.5. The lowest BCUT2D eigenvalue weighted by Crippen LogP contribution is -2.30. The van der Waals surface area contributed by atoms with Crippen molar-refractivity contribution in [2.24, 2.45) is 17.8 Å². The Morgan fingerprint density at radius 3 is 0.747 bits per heavy atom. The van der Waals surface area contributed by atoms with Gasteiger partial charge in [-0.1, -0.05) is 312 Å². The van der Waals surface area contributed by atoms with E-state index in [1.54, 1.807) is 0 Å². The number of unbranched alkanes of at least 4 members (excludes halogenated alkanes) is 38. The van der Waals surface area contributed by atoms with Crippen molar-refractivity contribution in [3.63, 3.8) is 0 Å². The number of ether oxygens (including phenoxy) is 4. The highest BCUT2D eigenvalue weighted by molar-refractivity contribution is 7.47. The van der Waals surface area contributed by atoms with Gasteiger partial charge in [0, 0.05) is 25.7 Å². The third-order valence-electron chi connectivity index (χ3n) is 16.6. The number of aliphatic hydroxyl groups is 1. The maximum Gasteiger partial charge on any atom is 0.472 e. The quantitative estimate of drug-likeness (QED) is 0.0222. The molecule has 0 bridgehead atoms. The zero-order valence-electron chi connectivity index (χ0n) is 59.3. The van der Waals surface area contributed by atoms with Crippen LogP contribution in [-0.2, 0) is 65.4 Å². The van der Waals surface area contributed by atoms with Gasteiger partial charge in [0.25, 0.3) is 0 Å². The predicted molar refractivity (Wildman–Crippen MR) is 368 cm³/mol. The van der Waals surface area contributed by atoms with Crippen LogP contribution in [0, 0.1) is 17.8 Å². The standard InChI is InChI=1S/C72H140O17P2/c1-8-9-10-11-12-13-25-32-39-46-53-69(74)82-60-68(89-72(77)56-49-42-35-28-31-38-45-52-65(6)7)62-87-91(80,81)85-58-66(73)57-84-90(78,79)86-61-67(59-83-70(75)54-47-40-33-26-22-18-20-24-30-37-44-51-64(4)5)88-71(76)55-48-41-34-27-21-17-15-14-16-19-23-29-36-43-50-63(2)3/h63-68,73H,8-62H2,1-7H3,(H,78,79)(H,80,81)/t66-,67-,68-/m1/s1. The maximum atomic E-state index is 13.0. The summed E-state index contributed by atoms with van der Waals surface area (Å²) in [5.41, 5.74) is 0. The fourth-order valence-corrected chi connectivity index (χ4v) is 12.5. The summed E-state index contributed by atoms with van der Waals surface area (Å²) in [5, 5.41) is 10.6. The van der Waals surface area contributed by atoms with Gasteiger partial charge in [-0.2, -0.15) is 0 Å². The lowest BCUT2D eigenvalue weighted by Gasteiger charge is -2.21. The summed E-state index contributed by atoms with van der Waals surface area (Å²) in [6.07, 6.45) is 47.2. The van der Waals surface area contributed by atoms with Crippen molar-refractivity contribution in [3.05, 3.63) is 0 Å². The molecule has 0 saturated heterocycles. The minimum atomic E-state index is -4.95. The van der Waals surface area contributed by atoms with Crippen LogP contribution in [0.2, 0.25) is 0 Å². The van der Waals surface area contributed by atoms with Gasteiger partial charge in [0.05, 0.1) is 26.4 Å². The van der Waals surface area contributed by atoms with Crippen molar-refractivity contribution in [1.29, 1.82) is 0 Å².